The first-order valence-corrected chi connectivity index (χ1v) is 13.1. The number of Topliss-reactive ketones (excluding diaryl/α,β-unsaturated/α-hetero) is 2. The minimum Gasteiger partial charge on any atom is -0.511 e. The summed E-state index contributed by atoms with van der Waals surface area (Å²) >= 11 is 0. The third-order valence-electron chi connectivity index (χ3n) is 8.27. The van der Waals surface area contributed by atoms with E-state index in [0.29, 0.717) is 22.6 Å². The second kappa shape index (κ2) is 10.3. The van der Waals surface area contributed by atoms with Crippen molar-refractivity contribution >= 4 is 17.5 Å². The van der Waals surface area contributed by atoms with Gasteiger partial charge in [0.25, 0.3) is 5.91 Å². The number of ketones is 2. The average molecular weight is 568 g/mol. The molecular formula is C29H30FN3O8. The number of ether oxygens (including phenoxy) is 1. The van der Waals surface area contributed by atoms with E-state index in [1.54, 1.807) is 31.3 Å². The Bertz CT molecular complexity index is 1530. The molecule has 2 aromatic rings. The Morgan fingerprint density at radius 1 is 1.27 bits per heavy atom. The smallest absolute Gasteiger partial charge is 0.255 e. The predicted octanol–water partition coefficient (Wildman–Crippen LogP) is 2.10. The highest BCUT2D eigenvalue weighted by molar-refractivity contribution is 6.24. The van der Waals surface area contributed by atoms with E-state index in [1.165, 1.54) is 7.11 Å². The molecule has 41 heavy (non-hydrogen) atoms. The number of amides is 1. The molecule has 1 heterocycles. The van der Waals surface area contributed by atoms with Crippen LogP contribution in [0.1, 0.15) is 41.3 Å². The number of pyridine rings is 1. The quantitative estimate of drug-likeness (QED) is 0.270. The van der Waals surface area contributed by atoms with Gasteiger partial charge in [-0.2, -0.15) is 0 Å². The molecule has 1 aromatic carbocycles. The van der Waals surface area contributed by atoms with Crippen molar-refractivity contribution in [1.82, 2.24) is 10.3 Å². The maximum Gasteiger partial charge on any atom is 0.255 e. The van der Waals surface area contributed by atoms with E-state index in [2.05, 4.69) is 10.3 Å². The molecule has 5 rings (SSSR count). The fourth-order valence-electron chi connectivity index (χ4n) is 6.13. The molecule has 4 atom stereocenters. The summed E-state index contributed by atoms with van der Waals surface area (Å²) in [5.74, 6) is -6.60. The number of carbonyl (C=O) groups excluding carboxylic acids is 3. The number of fused-ring (bicyclic) bond motifs is 3. The molecule has 216 valence electrons. The lowest BCUT2D eigenvalue weighted by Gasteiger charge is -2.45. The number of hydrogen-bond donors (Lipinski definition) is 6. The van der Waals surface area contributed by atoms with E-state index in [0.717, 1.165) is 0 Å². The van der Waals surface area contributed by atoms with Gasteiger partial charge in [-0.3, -0.25) is 14.4 Å². The molecule has 0 saturated heterocycles. The topological polar surface area (TPSA) is 192 Å². The zero-order valence-electron chi connectivity index (χ0n) is 22.4. The van der Waals surface area contributed by atoms with Gasteiger partial charge in [0.2, 0.25) is 11.7 Å². The summed E-state index contributed by atoms with van der Waals surface area (Å²) in [7, 11) is 1.47. The van der Waals surface area contributed by atoms with Gasteiger partial charge in [-0.25, -0.2) is 9.37 Å². The molecule has 1 unspecified atom stereocenters. The number of benzene rings is 1. The summed E-state index contributed by atoms with van der Waals surface area (Å²) in [4.78, 5) is 43.3. The van der Waals surface area contributed by atoms with Crippen LogP contribution < -0.4 is 15.8 Å². The van der Waals surface area contributed by atoms with Crippen LogP contribution in [0.25, 0.3) is 11.1 Å². The van der Waals surface area contributed by atoms with Crippen LogP contribution in [0.3, 0.4) is 0 Å². The van der Waals surface area contributed by atoms with Crippen LogP contribution in [0.2, 0.25) is 0 Å². The predicted molar refractivity (Wildman–Crippen MR) is 143 cm³/mol. The fraction of sp³-hybridized carbons (Fsp3) is 0.379. The molecule has 11 nitrogen and oxygen atoms in total. The number of aromatic nitrogens is 1. The summed E-state index contributed by atoms with van der Waals surface area (Å²) in [5, 5.41) is 47.4. The highest BCUT2D eigenvalue weighted by Crippen LogP contribution is 2.52. The molecule has 1 aromatic heterocycles. The number of nitrogens with one attached hydrogen (secondary N) is 1. The summed E-state index contributed by atoms with van der Waals surface area (Å²) in [5.41, 5.74) is 3.33. The van der Waals surface area contributed by atoms with Gasteiger partial charge in [0.05, 0.1) is 12.7 Å². The lowest BCUT2D eigenvalue weighted by Crippen LogP contribution is -2.57. The van der Waals surface area contributed by atoms with E-state index >= 15 is 0 Å². The Kier molecular flexibility index (Phi) is 7.08. The third-order valence-corrected chi connectivity index (χ3v) is 8.27. The van der Waals surface area contributed by atoms with Crippen LogP contribution in [0.5, 0.6) is 11.6 Å². The number of rotatable bonds is 7. The number of nitrogens with zero attached hydrogens (tertiary/aromatic N) is 1. The van der Waals surface area contributed by atoms with Gasteiger partial charge in [0, 0.05) is 53.9 Å². The Morgan fingerprint density at radius 3 is 2.61 bits per heavy atom. The van der Waals surface area contributed by atoms with E-state index < -0.39 is 64.7 Å². The maximum absolute atomic E-state index is 14.0. The van der Waals surface area contributed by atoms with Gasteiger partial charge in [-0.1, -0.05) is 0 Å². The first-order valence-electron chi connectivity index (χ1n) is 13.1. The molecule has 0 fully saturated rings. The van der Waals surface area contributed by atoms with Gasteiger partial charge in [0.1, 0.15) is 29.5 Å². The van der Waals surface area contributed by atoms with E-state index in [4.69, 9.17) is 10.5 Å². The van der Waals surface area contributed by atoms with Crippen molar-refractivity contribution in [3.8, 4) is 22.8 Å². The second-order valence-electron chi connectivity index (χ2n) is 10.7. The number of aromatic hydroxyl groups is 1. The van der Waals surface area contributed by atoms with Crippen LogP contribution in [-0.4, -0.2) is 68.3 Å². The van der Waals surface area contributed by atoms with E-state index in [9.17, 15) is 39.2 Å². The van der Waals surface area contributed by atoms with Crippen molar-refractivity contribution in [3.63, 3.8) is 0 Å². The summed E-state index contributed by atoms with van der Waals surface area (Å²) in [6.07, 6.45) is 1.39. The SMILES string of the molecule is COc1ccc(-c2cc(CNC(C)CF)c(O)c3c2C[C@H]2C[C@H]4CC(O)=C(C(N)=O)C(=O)[C@@]4(O)C(O)=C2C3=O)cn1. The lowest BCUT2D eigenvalue weighted by atomic mass is 9.60. The Morgan fingerprint density at radius 2 is 2.00 bits per heavy atom. The number of aliphatic hydroxyl groups excluding tert-OH is 2. The summed E-state index contributed by atoms with van der Waals surface area (Å²) in [6, 6.07) is 4.53. The average Bonchev–Trinajstić information content (AvgIpc) is 2.94. The number of carbonyl (C=O) groups is 3. The maximum atomic E-state index is 14.0. The number of alkyl halides is 1. The standard InChI is InChI=1S/C29H30FN3O8/c1-12(9-30)32-11-15-7-17(13-3-4-20(41-2)33-10-13)18-6-14-5-16-8-19(34)23(28(31)39)27(38)29(16,40)26(37)21(14)25(36)22(18)24(15)35/h3-4,7,10,12,14,16,32,34-35,37,40H,5-6,8-9,11H2,1-2H3,(H2,31,39)/t12?,14-,16+,29+/m1/s1. The number of hydrogen-bond acceptors (Lipinski definition) is 10. The Hall–Kier alpha value is -4.29. The van der Waals surface area contributed by atoms with E-state index in [-0.39, 0.29) is 48.3 Å². The van der Waals surface area contributed by atoms with Crippen molar-refractivity contribution in [3.05, 3.63) is 63.8 Å². The molecule has 0 radical (unpaired) electrons. The normalized spacial score (nSPS) is 24.5. The van der Waals surface area contributed by atoms with Crippen LogP contribution in [-0.2, 0) is 22.6 Å². The zero-order chi connectivity index (χ0) is 29.8. The number of primary amides is 1. The van der Waals surface area contributed by atoms with Gasteiger partial charge >= 0.3 is 0 Å². The highest BCUT2D eigenvalue weighted by atomic mass is 19.1. The molecule has 0 saturated carbocycles. The summed E-state index contributed by atoms with van der Waals surface area (Å²) < 4.78 is 18.3. The first-order chi connectivity index (χ1) is 19.4. The number of nitrogens with two attached hydrogens (primary N) is 1. The van der Waals surface area contributed by atoms with Crippen molar-refractivity contribution in [2.75, 3.05) is 13.8 Å². The molecule has 1 amide bonds. The summed E-state index contributed by atoms with van der Waals surface area (Å²) in [6.45, 7) is 0.974. The van der Waals surface area contributed by atoms with Crippen LogP contribution >= 0.6 is 0 Å². The van der Waals surface area contributed by atoms with E-state index in [1.807, 2.05) is 0 Å². The van der Waals surface area contributed by atoms with Gasteiger partial charge < -0.3 is 36.2 Å². The number of phenolic OH excluding ortho intramolecular Hbond substituents is 1. The van der Waals surface area contributed by atoms with Crippen molar-refractivity contribution in [2.45, 2.75) is 44.4 Å². The molecule has 3 aliphatic carbocycles. The van der Waals surface area contributed by atoms with Crippen LogP contribution in [0.15, 0.2) is 47.1 Å². The number of methoxy groups -OCH3 is 1. The van der Waals surface area contributed by atoms with Crippen molar-refractivity contribution in [1.29, 1.82) is 0 Å². The number of halogens is 1. The fourth-order valence-corrected chi connectivity index (χ4v) is 6.13. The van der Waals surface area contributed by atoms with Gasteiger partial charge in [-0.15, -0.1) is 0 Å². The zero-order valence-corrected chi connectivity index (χ0v) is 22.4. The minimum absolute atomic E-state index is 0.0130. The molecule has 0 aliphatic heterocycles. The molecule has 0 bridgehead atoms. The van der Waals surface area contributed by atoms with Crippen molar-refractivity contribution < 1.29 is 43.9 Å². The molecule has 0 spiro atoms. The molecule has 12 heteroatoms. The minimum atomic E-state index is -2.65. The molecule has 3 aliphatic rings. The Labute approximate surface area is 234 Å². The van der Waals surface area contributed by atoms with Crippen LogP contribution in [0.4, 0.5) is 4.39 Å². The van der Waals surface area contributed by atoms with Gasteiger partial charge in [0.15, 0.2) is 11.4 Å². The van der Waals surface area contributed by atoms with Crippen LogP contribution in [0, 0.1) is 11.8 Å². The first kappa shape index (κ1) is 28.2. The number of allylic oxidation sites excluding steroid dienone is 2. The second-order valence-corrected chi connectivity index (χ2v) is 10.7. The molecular weight excluding hydrogens is 537 g/mol. The monoisotopic (exact) mass is 567 g/mol. The third kappa shape index (κ3) is 4.34. The Balaban J connectivity index is 1.69. The van der Waals surface area contributed by atoms with Gasteiger partial charge in [-0.05, 0) is 48.9 Å². The number of phenols is 1. The largest absolute Gasteiger partial charge is 0.511 e. The highest BCUT2D eigenvalue weighted by Gasteiger charge is 2.59. The molecule has 7 N–H and O–H groups in total. The van der Waals surface area contributed by atoms with Crippen molar-refractivity contribution in [2.24, 2.45) is 17.6 Å². The lowest BCUT2D eigenvalue weighted by molar-refractivity contribution is -0.144. The number of aliphatic hydroxyl groups is 3.